The Morgan fingerprint density at radius 3 is 2.74 bits per heavy atom. The van der Waals surface area contributed by atoms with Gasteiger partial charge in [0.25, 0.3) is 0 Å². The molecule has 2 aromatic heterocycles. The molecule has 0 radical (unpaired) electrons. The number of nitrogens with zero attached hydrogens (tertiary/aromatic N) is 5. The van der Waals surface area contributed by atoms with Crippen LogP contribution in [0, 0.1) is 0 Å². The molecule has 4 rings (SSSR count). The Balaban J connectivity index is 1.43. The highest BCUT2D eigenvalue weighted by atomic mass is 16.1. The van der Waals surface area contributed by atoms with Crippen LogP contribution in [0.3, 0.4) is 0 Å². The van der Waals surface area contributed by atoms with E-state index in [0.717, 1.165) is 36.7 Å². The molecule has 3 aromatic rings. The molecular formula is C19H23N7O. The Bertz CT molecular complexity index is 930. The number of anilines is 1. The maximum atomic E-state index is 11.5. The lowest BCUT2D eigenvalue weighted by Gasteiger charge is -2.29. The van der Waals surface area contributed by atoms with E-state index < -0.39 is 0 Å². The normalized spacial score (nSPS) is 19.7. The van der Waals surface area contributed by atoms with Crippen molar-refractivity contribution in [3.05, 3.63) is 36.5 Å². The third-order valence-corrected chi connectivity index (χ3v) is 4.96. The smallest absolute Gasteiger partial charge is 0.224 e. The first-order chi connectivity index (χ1) is 13.2. The number of carbonyl (C=O) groups is 1. The molecule has 1 amide bonds. The summed E-state index contributed by atoms with van der Waals surface area (Å²) in [7, 11) is 0. The second-order valence-corrected chi connectivity index (χ2v) is 6.84. The predicted octanol–water partition coefficient (Wildman–Crippen LogP) is 2.46. The molecule has 8 heteroatoms. The fraction of sp³-hybridized carbons (Fsp3) is 0.421. The van der Waals surface area contributed by atoms with Crippen molar-refractivity contribution in [1.29, 1.82) is 0 Å². The zero-order valence-corrected chi connectivity index (χ0v) is 15.3. The van der Waals surface area contributed by atoms with E-state index in [4.69, 9.17) is 0 Å². The van der Waals surface area contributed by atoms with Gasteiger partial charge in [-0.15, -0.1) is 5.10 Å². The maximum Gasteiger partial charge on any atom is 0.224 e. The highest BCUT2D eigenvalue weighted by Gasteiger charge is 2.22. The number of hydrogen-bond acceptors (Lipinski definition) is 6. The van der Waals surface area contributed by atoms with Gasteiger partial charge in [0.2, 0.25) is 11.9 Å². The largest absolute Gasteiger partial charge is 0.353 e. The molecule has 0 spiro atoms. The summed E-state index contributed by atoms with van der Waals surface area (Å²) < 4.78 is 1.72. The number of aromatic nitrogens is 5. The van der Waals surface area contributed by atoms with Crippen LogP contribution in [0.25, 0.3) is 16.9 Å². The molecular weight excluding hydrogens is 342 g/mol. The van der Waals surface area contributed by atoms with Gasteiger partial charge in [-0.2, -0.15) is 9.67 Å². The van der Waals surface area contributed by atoms with Crippen molar-refractivity contribution in [1.82, 2.24) is 30.3 Å². The third-order valence-electron chi connectivity index (χ3n) is 4.96. The van der Waals surface area contributed by atoms with Gasteiger partial charge in [-0.3, -0.25) is 4.79 Å². The molecule has 0 bridgehead atoms. The number of benzene rings is 1. The van der Waals surface area contributed by atoms with E-state index in [1.54, 1.807) is 10.9 Å². The van der Waals surface area contributed by atoms with Crippen molar-refractivity contribution in [2.75, 3.05) is 5.32 Å². The lowest BCUT2D eigenvalue weighted by Crippen LogP contribution is -2.40. The van der Waals surface area contributed by atoms with Gasteiger partial charge >= 0.3 is 0 Å². The molecule has 1 aliphatic rings. The van der Waals surface area contributed by atoms with Gasteiger partial charge in [0.15, 0.2) is 5.82 Å². The van der Waals surface area contributed by atoms with Crippen molar-refractivity contribution >= 4 is 22.9 Å². The van der Waals surface area contributed by atoms with Gasteiger partial charge in [-0.1, -0.05) is 24.3 Å². The summed E-state index contributed by atoms with van der Waals surface area (Å²) in [5.74, 6) is 1.40. The fourth-order valence-electron chi connectivity index (χ4n) is 3.47. The van der Waals surface area contributed by atoms with Crippen LogP contribution in [0.4, 0.5) is 5.95 Å². The number of fused-ring (bicyclic) bond motifs is 1. The highest BCUT2D eigenvalue weighted by Crippen LogP contribution is 2.22. The number of rotatable bonds is 5. The van der Waals surface area contributed by atoms with E-state index in [2.05, 4.69) is 30.9 Å². The molecule has 2 N–H and O–H groups in total. The molecule has 0 aliphatic heterocycles. The first kappa shape index (κ1) is 17.4. The van der Waals surface area contributed by atoms with Crippen LogP contribution in [0.15, 0.2) is 36.5 Å². The molecule has 140 valence electrons. The number of hydrogen-bond donors (Lipinski definition) is 2. The quantitative estimate of drug-likeness (QED) is 0.721. The molecule has 0 atom stereocenters. The van der Waals surface area contributed by atoms with Crippen LogP contribution in [-0.2, 0) is 4.79 Å². The van der Waals surface area contributed by atoms with E-state index in [1.165, 1.54) is 0 Å². The summed E-state index contributed by atoms with van der Waals surface area (Å²) in [6, 6.07) is 10.2. The van der Waals surface area contributed by atoms with E-state index in [0.29, 0.717) is 24.2 Å². The monoisotopic (exact) mass is 365 g/mol. The van der Waals surface area contributed by atoms with Crippen molar-refractivity contribution in [3.8, 4) is 5.82 Å². The van der Waals surface area contributed by atoms with Gasteiger partial charge in [0.05, 0.1) is 5.52 Å². The second-order valence-electron chi connectivity index (χ2n) is 6.84. The van der Waals surface area contributed by atoms with Crippen molar-refractivity contribution < 1.29 is 4.79 Å². The molecule has 1 aliphatic carbocycles. The van der Waals surface area contributed by atoms with Crippen LogP contribution in [0.1, 0.15) is 39.0 Å². The molecule has 0 saturated heterocycles. The standard InChI is InChI=1S/C19H23N7O/c1-2-18(27)21-13-7-9-14(10-8-13)22-19-20-12-11-17(23-19)26-16-6-4-3-5-15(16)24-25-26/h3-6,11-14H,2,7-10H2,1H3,(H,21,27)(H,20,22,23). The Morgan fingerprint density at radius 2 is 1.93 bits per heavy atom. The lowest BCUT2D eigenvalue weighted by atomic mass is 9.91. The topological polar surface area (TPSA) is 97.6 Å². The van der Waals surface area contributed by atoms with Gasteiger partial charge in [-0.25, -0.2) is 4.98 Å². The molecule has 0 unspecified atom stereocenters. The van der Waals surface area contributed by atoms with Crippen LogP contribution in [-0.4, -0.2) is 43.0 Å². The SMILES string of the molecule is CCC(=O)NC1CCC(Nc2nccc(-n3nnc4ccccc43)n2)CC1. The van der Waals surface area contributed by atoms with E-state index >= 15 is 0 Å². The molecule has 27 heavy (non-hydrogen) atoms. The maximum absolute atomic E-state index is 11.5. The summed E-state index contributed by atoms with van der Waals surface area (Å²) in [6.45, 7) is 1.88. The van der Waals surface area contributed by atoms with Crippen molar-refractivity contribution in [2.45, 2.75) is 51.1 Å². The second kappa shape index (κ2) is 7.69. The number of nitrogens with one attached hydrogen (secondary N) is 2. The Kier molecular flexibility index (Phi) is 4.95. The predicted molar refractivity (Wildman–Crippen MR) is 103 cm³/mol. The number of amides is 1. The van der Waals surface area contributed by atoms with Crippen LogP contribution >= 0.6 is 0 Å². The first-order valence-electron chi connectivity index (χ1n) is 9.42. The van der Waals surface area contributed by atoms with E-state index in [-0.39, 0.29) is 11.9 Å². The number of para-hydroxylation sites is 1. The summed E-state index contributed by atoms with van der Waals surface area (Å²) in [4.78, 5) is 20.5. The Labute approximate surface area is 157 Å². The molecule has 1 fully saturated rings. The zero-order chi connectivity index (χ0) is 18.6. The summed E-state index contributed by atoms with van der Waals surface area (Å²) in [5.41, 5.74) is 1.74. The number of carbonyl (C=O) groups excluding carboxylic acids is 1. The average Bonchev–Trinajstić information content (AvgIpc) is 3.14. The van der Waals surface area contributed by atoms with Crippen LogP contribution < -0.4 is 10.6 Å². The van der Waals surface area contributed by atoms with Crippen LogP contribution in [0.5, 0.6) is 0 Å². The third kappa shape index (κ3) is 3.89. The molecule has 1 aromatic carbocycles. The minimum Gasteiger partial charge on any atom is -0.353 e. The van der Waals surface area contributed by atoms with Crippen LogP contribution in [0.2, 0.25) is 0 Å². The van der Waals surface area contributed by atoms with Gasteiger partial charge in [-0.05, 0) is 37.8 Å². The Hall–Kier alpha value is -3.03. The zero-order valence-electron chi connectivity index (χ0n) is 15.3. The van der Waals surface area contributed by atoms with Crippen molar-refractivity contribution in [2.24, 2.45) is 0 Å². The molecule has 2 heterocycles. The minimum absolute atomic E-state index is 0.127. The highest BCUT2D eigenvalue weighted by molar-refractivity contribution is 5.76. The lowest BCUT2D eigenvalue weighted by molar-refractivity contribution is -0.121. The van der Waals surface area contributed by atoms with Gasteiger partial charge in [0, 0.05) is 30.8 Å². The van der Waals surface area contributed by atoms with E-state index in [9.17, 15) is 4.79 Å². The average molecular weight is 365 g/mol. The molecule has 8 nitrogen and oxygen atoms in total. The van der Waals surface area contributed by atoms with Gasteiger partial charge < -0.3 is 10.6 Å². The van der Waals surface area contributed by atoms with Crippen molar-refractivity contribution in [3.63, 3.8) is 0 Å². The van der Waals surface area contributed by atoms with Gasteiger partial charge in [0.1, 0.15) is 5.52 Å². The fourth-order valence-corrected chi connectivity index (χ4v) is 3.47. The summed E-state index contributed by atoms with van der Waals surface area (Å²) >= 11 is 0. The first-order valence-corrected chi connectivity index (χ1v) is 9.42. The molecule has 1 saturated carbocycles. The minimum atomic E-state index is 0.127. The summed E-state index contributed by atoms with van der Waals surface area (Å²) in [5, 5.41) is 14.9. The Morgan fingerprint density at radius 1 is 1.15 bits per heavy atom. The van der Waals surface area contributed by atoms with E-state index in [1.807, 2.05) is 37.3 Å². The summed E-state index contributed by atoms with van der Waals surface area (Å²) in [6.07, 6.45) is 6.17.